The smallest absolute Gasteiger partial charge is 0.191 e. The van der Waals surface area contributed by atoms with Crippen LogP contribution >= 0.6 is 24.0 Å². The van der Waals surface area contributed by atoms with E-state index in [1.165, 1.54) is 31.4 Å². The van der Waals surface area contributed by atoms with E-state index in [4.69, 9.17) is 4.42 Å². The number of rotatable bonds is 6. The minimum atomic E-state index is -0.223. The van der Waals surface area contributed by atoms with Crippen molar-refractivity contribution in [3.8, 4) is 0 Å². The fourth-order valence-corrected chi connectivity index (χ4v) is 3.32. The molecule has 7 heteroatoms. The second kappa shape index (κ2) is 11.3. The molecule has 1 aromatic carbocycles. The number of hydrogen-bond acceptors (Lipinski definition) is 3. The molecule has 148 valence electrons. The van der Waals surface area contributed by atoms with Crippen LogP contribution in [0.5, 0.6) is 0 Å². The van der Waals surface area contributed by atoms with Crippen LogP contribution in [0.15, 0.2) is 52.1 Å². The summed E-state index contributed by atoms with van der Waals surface area (Å²) in [6, 6.07) is 10.6. The average molecular weight is 486 g/mol. The lowest BCUT2D eigenvalue weighted by Gasteiger charge is -2.33. The van der Waals surface area contributed by atoms with Crippen molar-refractivity contribution in [1.82, 2.24) is 15.5 Å². The number of aliphatic imine (C=N–C) groups is 1. The molecule has 5 nitrogen and oxygen atoms in total. The first kappa shape index (κ1) is 21.7. The lowest BCUT2D eigenvalue weighted by atomic mass is 10.1. The van der Waals surface area contributed by atoms with Gasteiger partial charge in [0.25, 0.3) is 0 Å². The Hall–Kier alpha value is -1.61. The first-order chi connectivity index (χ1) is 12.8. The van der Waals surface area contributed by atoms with Gasteiger partial charge in [0, 0.05) is 20.1 Å². The monoisotopic (exact) mass is 486 g/mol. The maximum absolute atomic E-state index is 13.0. The van der Waals surface area contributed by atoms with E-state index < -0.39 is 0 Å². The summed E-state index contributed by atoms with van der Waals surface area (Å²) in [6.45, 7) is 3.50. The van der Waals surface area contributed by atoms with Gasteiger partial charge in [-0.2, -0.15) is 0 Å². The first-order valence-electron chi connectivity index (χ1n) is 9.22. The molecule has 1 aromatic heterocycles. The molecule has 0 radical (unpaired) electrons. The number of nitrogens with one attached hydrogen (secondary N) is 2. The highest BCUT2D eigenvalue weighted by Crippen LogP contribution is 2.24. The van der Waals surface area contributed by atoms with Gasteiger partial charge in [0.05, 0.1) is 12.3 Å². The van der Waals surface area contributed by atoms with E-state index in [2.05, 4.69) is 20.5 Å². The summed E-state index contributed by atoms with van der Waals surface area (Å²) in [5.74, 6) is 1.48. The number of hydrogen-bond donors (Lipinski definition) is 2. The molecule has 2 N–H and O–H groups in total. The van der Waals surface area contributed by atoms with Crippen LogP contribution in [-0.4, -0.2) is 37.5 Å². The van der Waals surface area contributed by atoms with Gasteiger partial charge >= 0.3 is 0 Å². The molecule has 1 aliphatic heterocycles. The molecule has 2 aromatic rings. The lowest BCUT2D eigenvalue weighted by molar-refractivity contribution is 0.146. The summed E-state index contributed by atoms with van der Waals surface area (Å²) in [4.78, 5) is 6.77. The van der Waals surface area contributed by atoms with E-state index in [0.29, 0.717) is 6.54 Å². The molecule has 3 rings (SSSR count). The normalized spacial score (nSPS) is 16.4. The highest BCUT2D eigenvalue weighted by atomic mass is 127. The van der Waals surface area contributed by atoms with E-state index in [-0.39, 0.29) is 35.8 Å². The van der Waals surface area contributed by atoms with Crippen LogP contribution in [0.25, 0.3) is 0 Å². The molecule has 0 saturated carbocycles. The Bertz CT molecular complexity index is 685. The van der Waals surface area contributed by atoms with Gasteiger partial charge in [-0.1, -0.05) is 18.6 Å². The first-order valence-corrected chi connectivity index (χ1v) is 9.22. The van der Waals surface area contributed by atoms with Crippen LogP contribution in [0.4, 0.5) is 4.39 Å². The fraction of sp³-hybridized carbons (Fsp3) is 0.450. The number of benzene rings is 1. The Morgan fingerprint density at radius 1 is 1.15 bits per heavy atom. The molecular formula is C20H28FIN4O. The topological polar surface area (TPSA) is 52.8 Å². The van der Waals surface area contributed by atoms with Crippen molar-refractivity contribution in [2.75, 3.05) is 26.7 Å². The van der Waals surface area contributed by atoms with Crippen molar-refractivity contribution in [2.45, 2.75) is 31.8 Å². The van der Waals surface area contributed by atoms with Gasteiger partial charge in [-0.3, -0.25) is 9.89 Å². The second-order valence-corrected chi connectivity index (χ2v) is 6.56. The quantitative estimate of drug-likeness (QED) is 0.369. The van der Waals surface area contributed by atoms with Gasteiger partial charge in [-0.15, -0.1) is 24.0 Å². The predicted molar refractivity (Wildman–Crippen MR) is 117 cm³/mol. The summed E-state index contributed by atoms with van der Waals surface area (Å²) < 4.78 is 18.7. The lowest BCUT2D eigenvalue weighted by Crippen LogP contribution is -2.44. The molecule has 0 bridgehead atoms. The zero-order chi connectivity index (χ0) is 18.2. The van der Waals surface area contributed by atoms with E-state index in [0.717, 1.165) is 36.9 Å². The van der Waals surface area contributed by atoms with Crippen molar-refractivity contribution in [3.63, 3.8) is 0 Å². The van der Waals surface area contributed by atoms with E-state index in [1.54, 1.807) is 25.4 Å². The van der Waals surface area contributed by atoms with E-state index >= 15 is 0 Å². The Labute approximate surface area is 177 Å². The van der Waals surface area contributed by atoms with Crippen molar-refractivity contribution >= 4 is 29.9 Å². The molecule has 0 amide bonds. The summed E-state index contributed by atoms with van der Waals surface area (Å²) in [5.41, 5.74) is 1.01. The van der Waals surface area contributed by atoms with E-state index in [9.17, 15) is 4.39 Å². The van der Waals surface area contributed by atoms with Gasteiger partial charge in [0.15, 0.2) is 5.96 Å². The molecule has 2 heterocycles. The molecule has 1 saturated heterocycles. The zero-order valence-electron chi connectivity index (χ0n) is 15.7. The standard InChI is InChI=1S/C20H27FN4O.HI/c1-22-20(23-14-16-7-9-17(21)10-8-16)24-15-18(19-6-5-13-26-19)25-11-3-2-4-12-25;/h5-10,13,18H,2-4,11-12,14-15H2,1H3,(H2,22,23,24);1H. The summed E-state index contributed by atoms with van der Waals surface area (Å²) in [5, 5.41) is 6.68. The number of likely N-dealkylation sites (tertiary alicyclic amines) is 1. The molecule has 27 heavy (non-hydrogen) atoms. The highest BCUT2D eigenvalue weighted by molar-refractivity contribution is 14.0. The van der Waals surface area contributed by atoms with E-state index in [1.807, 2.05) is 12.1 Å². The van der Waals surface area contributed by atoms with Crippen molar-refractivity contribution in [1.29, 1.82) is 0 Å². The van der Waals surface area contributed by atoms with Crippen molar-refractivity contribution in [2.24, 2.45) is 4.99 Å². The predicted octanol–water partition coefficient (Wildman–Crippen LogP) is 3.93. The van der Waals surface area contributed by atoms with Gasteiger partial charge in [0.1, 0.15) is 11.6 Å². The Morgan fingerprint density at radius 3 is 2.52 bits per heavy atom. The van der Waals surface area contributed by atoms with Gasteiger partial charge < -0.3 is 15.1 Å². The molecule has 1 aliphatic rings. The minimum absolute atomic E-state index is 0. The second-order valence-electron chi connectivity index (χ2n) is 6.56. The average Bonchev–Trinajstić information content (AvgIpc) is 3.21. The number of piperidine rings is 1. The summed E-state index contributed by atoms with van der Waals surface area (Å²) >= 11 is 0. The Morgan fingerprint density at radius 2 is 1.89 bits per heavy atom. The zero-order valence-corrected chi connectivity index (χ0v) is 18.0. The molecule has 1 atom stereocenters. The van der Waals surface area contributed by atoms with Crippen LogP contribution in [0.3, 0.4) is 0 Å². The third-order valence-corrected chi connectivity index (χ3v) is 4.76. The number of furan rings is 1. The van der Waals surface area contributed by atoms with Crippen molar-refractivity contribution < 1.29 is 8.81 Å². The van der Waals surface area contributed by atoms with Crippen LogP contribution in [0.2, 0.25) is 0 Å². The van der Waals surface area contributed by atoms with Gasteiger partial charge in [-0.05, 0) is 55.8 Å². The molecule has 0 aliphatic carbocycles. The number of halogens is 2. The number of guanidine groups is 1. The fourth-order valence-electron chi connectivity index (χ4n) is 3.32. The largest absolute Gasteiger partial charge is 0.468 e. The Balaban J connectivity index is 0.00000261. The van der Waals surface area contributed by atoms with Crippen LogP contribution < -0.4 is 10.6 Å². The van der Waals surface area contributed by atoms with Crippen LogP contribution in [0.1, 0.15) is 36.6 Å². The molecule has 1 fully saturated rings. The van der Waals surface area contributed by atoms with Gasteiger partial charge in [0.2, 0.25) is 0 Å². The maximum Gasteiger partial charge on any atom is 0.191 e. The maximum atomic E-state index is 13.0. The third kappa shape index (κ3) is 6.49. The third-order valence-electron chi connectivity index (χ3n) is 4.76. The molecule has 1 unspecified atom stereocenters. The van der Waals surface area contributed by atoms with Gasteiger partial charge in [-0.25, -0.2) is 4.39 Å². The summed E-state index contributed by atoms with van der Waals surface area (Å²) in [6.07, 6.45) is 5.49. The molecule has 0 spiro atoms. The van der Waals surface area contributed by atoms with Crippen LogP contribution in [-0.2, 0) is 6.54 Å². The summed E-state index contributed by atoms with van der Waals surface area (Å²) in [7, 11) is 1.75. The SMILES string of the molecule is CN=C(NCc1ccc(F)cc1)NCC(c1ccco1)N1CCCCC1.I. The Kier molecular flexibility index (Phi) is 9.06. The minimum Gasteiger partial charge on any atom is -0.468 e. The molecular weight excluding hydrogens is 458 g/mol. The highest BCUT2D eigenvalue weighted by Gasteiger charge is 2.24. The van der Waals surface area contributed by atoms with Crippen LogP contribution in [0, 0.1) is 5.82 Å². The van der Waals surface area contributed by atoms with Crippen molar-refractivity contribution in [3.05, 3.63) is 59.8 Å². The number of nitrogens with zero attached hydrogens (tertiary/aromatic N) is 2.